The highest BCUT2D eigenvalue weighted by Crippen LogP contribution is 2.36. The van der Waals surface area contributed by atoms with Gasteiger partial charge >= 0.3 is 0 Å². The zero-order valence-electron chi connectivity index (χ0n) is 11.0. The lowest BCUT2D eigenvalue weighted by atomic mass is 9.83. The molecule has 1 aliphatic carbocycles. The van der Waals surface area contributed by atoms with Crippen molar-refractivity contribution < 1.29 is 9.94 Å². The molecule has 0 aliphatic heterocycles. The number of aromatic nitrogens is 1. The number of methoxy groups -OCH3 is 1. The lowest BCUT2D eigenvalue weighted by Crippen LogP contribution is -2.13. The smallest absolute Gasteiger partial charge is 0.119 e. The fraction of sp³-hybridized carbons (Fsp3) is 0.400. The van der Waals surface area contributed by atoms with Gasteiger partial charge in [-0.3, -0.25) is 0 Å². The zero-order valence-corrected chi connectivity index (χ0v) is 11.0. The summed E-state index contributed by atoms with van der Waals surface area (Å²) in [4.78, 5) is 3.31. The molecule has 1 atom stereocenters. The minimum Gasteiger partial charge on any atom is -0.497 e. The van der Waals surface area contributed by atoms with Crippen LogP contribution in [-0.4, -0.2) is 23.0 Å². The molecule has 4 nitrogen and oxygen atoms in total. The lowest BCUT2D eigenvalue weighted by molar-refractivity contribution is 0.313. The first-order valence-corrected chi connectivity index (χ1v) is 6.66. The van der Waals surface area contributed by atoms with Crippen LogP contribution in [0.4, 0.5) is 0 Å². The van der Waals surface area contributed by atoms with Crippen molar-refractivity contribution in [1.82, 2.24) is 4.98 Å². The van der Waals surface area contributed by atoms with E-state index in [2.05, 4.69) is 22.4 Å². The number of fused-ring (bicyclic) bond motifs is 1. The van der Waals surface area contributed by atoms with Crippen LogP contribution in [0.2, 0.25) is 0 Å². The zero-order chi connectivity index (χ0) is 13.2. The van der Waals surface area contributed by atoms with Gasteiger partial charge < -0.3 is 14.9 Å². The Kier molecular flexibility index (Phi) is 3.15. The van der Waals surface area contributed by atoms with E-state index >= 15 is 0 Å². The Morgan fingerprint density at radius 2 is 2.32 bits per heavy atom. The van der Waals surface area contributed by atoms with E-state index in [1.165, 1.54) is 10.9 Å². The second-order valence-corrected chi connectivity index (χ2v) is 5.12. The number of aromatic amines is 1. The van der Waals surface area contributed by atoms with Crippen molar-refractivity contribution in [3.8, 4) is 5.75 Å². The Morgan fingerprint density at radius 1 is 1.42 bits per heavy atom. The maximum Gasteiger partial charge on any atom is 0.119 e. The first-order valence-electron chi connectivity index (χ1n) is 6.66. The third kappa shape index (κ3) is 2.18. The average molecular weight is 258 g/mol. The van der Waals surface area contributed by atoms with E-state index in [1.54, 1.807) is 7.11 Å². The quantitative estimate of drug-likeness (QED) is 0.638. The van der Waals surface area contributed by atoms with Crippen molar-refractivity contribution in [2.24, 2.45) is 5.16 Å². The summed E-state index contributed by atoms with van der Waals surface area (Å²) in [6.45, 7) is 0. The number of nitrogens with one attached hydrogen (secondary N) is 1. The Balaban J connectivity index is 1.99. The molecule has 19 heavy (non-hydrogen) atoms. The van der Waals surface area contributed by atoms with Crippen LogP contribution in [0, 0.1) is 0 Å². The fourth-order valence-corrected chi connectivity index (χ4v) is 2.98. The highest BCUT2D eigenvalue weighted by Gasteiger charge is 2.22. The number of rotatable bonds is 2. The lowest BCUT2D eigenvalue weighted by Gasteiger charge is -2.22. The second kappa shape index (κ2) is 4.96. The Bertz CT molecular complexity index is 616. The fourth-order valence-electron chi connectivity index (χ4n) is 2.98. The molecular weight excluding hydrogens is 240 g/mol. The van der Waals surface area contributed by atoms with Gasteiger partial charge in [-0.1, -0.05) is 5.16 Å². The van der Waals surface area contributed by atoms with Crippen molar-refractivity contribution in [3.05, 3.63) is 30.0 Å². The molecule has 0 spiro atoms. The van der Waals surface area contributed by atoms with E-state index in [-0.39, 0.29) is 0 Å². The van der Waals surface area contributed by atoms with E-state index in [1.807, 2.05) is 12.1 Å². The van der Waals surface area contributed by atoms with Crippen LogP contribution in [0.1, 0.15) is 37.2 Å². The number of benzene rings is 1. The van der Waals surface area contributed by atoms with Crippen molar-refractivity contribution >= 4 is 16.6 Å². The molecule has 0 radical (unpaired) electrons. The highest BCUT2D eigenvalue weighted by atomic mass is 16.5. The van der Waals surface area contributed by atoms with Crippen LogP contribution in [0.5, 0.6) is 5.75 Å². The van der Waals surface area contributed by atoms with E-state index in [4.69, 9.17) is 9.94 Å². The number of H-pyrrole nitrogens is 1. The molecule has 0 amide bonds. The van der Waals surface area contributed by atoms with Crippen molar-refractivity contribution in [3.63, 3.8) is 0 Å². The minimum absolute atomic E-state index is 0.431. The van der Waals surface area contributed by atoms with Crippen molar-refractivity contribution in [2.45, 2.75) is 31.6 Å². The molecule has 1 aromatic carbocycles. The van der Waals surface area contributed by atoms with Crippen LogP contribution in [0.15, 0.2) is 29.6 Å². The number of hydrogen-bond acceptors (Lipinski definition) is 3. The summed E-state index contributed by atoms with van der Waals surface area (Å²) in [6.07, 6.45) is 6.07. The van der Waals surface area contributed by atoms with Crippen LogP contribution in [0.3, 0.4) is 0 Å². The first kappa shape index (κ1) is 12.1. The molecule has 3 rings (SSSR count). The van der Waals surface area contributed by atoms with Gasteiger partial charge in [-0.2, -0.15) is 0 Å². The monoisotopic (exact) mass is 258 g/mol. The summed E-state index contributed by atoms with van der Waals surface area (Å²) in [6, 6.07) is 6.08. The molecule has 0 unspecified atom stereocenters. The van der Waals surface area contributed by atoms with E-state index < -0.39 is 0 Å². The van der Waals surface area contributed by atoms with Crippen LogP contribution >= 0.6 is 0 Å². The molecule has 0 saturated heterocycles. The molecule has 1 heterocycles. The number of ether oxygens (including phenoxy) is 1. The molecular formula is C15H18N2O2. The molecule has 1 aromatic heterocycles. The van der Waals surface area contributed by atoms with Crippen LogP contribution < -0.4 is 4.74 Å². The van der Waals surface area contributed by atoms with Gasteiger partial charge in [0.1, 0.15) is 5.75 Å². The van der Waals surface area contributed by atoms with Gasteiger partial charge in [-0.05, 0) is 55.4 Å². The van der Waals surface area contributed by atoms with Gasteiger partial charge in [-0.15, -0.1) is 0 Å². The van der Waals surface area contributed by atoms with E-state index in [9.17, 15) is 0 Å². The molecule has 100 valence electrons. The van der Waals surface area contributed by atoms with Gasteiger partial charge in [-0.25, -0.2) is 0 Å². The standard InChI is InChI=1S/C15H18N2O2/c1-19-12-5-6-15-13(8-12)14(9-16-15)10-3-2-4-11(7-10)17-18/h5-6,8-10,16,18H,2-4,7H2,1H3/b17-11-/t10-/m0/s1. The van der Waals surface area contributed by atoms with Crippen LogP contribution in [-0.2, 0) is 0 Å². The SMILES string of the molecule is COc1ccc2[nH]cc([C@H]3CCC/C(=N/O)C3)c2c1. The van der Waals surface area contributed by atoms with Crippen LogP contribution in [0.25, 0.3) is 10.9 Å². The summed E-state index contributed by atoms with van der Waals surface area (Å²) in [5, 5.41) is 13.6. The van der Waals surface area contributed by atoms with Gasteiger partial charge in [0.2, 0.25) is 0 Å². The van der Waals surface area contributed by atoms with Gasteiger partial charge in [0.05, 0.1) is 12.8 Å². The predicted molar refractivity (Wildman–Crippen MR) is 75.3 cm³/mol. The molecule has 1 saturated carbocycles. The topological polar surface area (TPSA) is 57.6 Å². The largest absolute Gasteiger partial charge is 0.497 e. The third-order valence-electron chi connectivity index (χ3n) is 4.00. The average Bonchev–Trinajstić information content (AvgIpc) is 2.90. The van der Waals surface area contributed by atoms with Crippen molar-refractivity contribution in [1.29, 1.82) is 0 Å². The maximum absolute atomic E-state index is 8.96. The van der Waals surface area contributed by atoms with Gasteiger partial charge in [0, 0.05) is 17.1 Å². The maximum atomic E-state index is 8.96. The Labute approximate surface area is 112 Å². The molecule has 4 heteroatoms. The summed E-state index contributed by atoms with van der Waals surface area (Å²) in [5.41, 5.74) is 3.34. The Morgan fingerprint density at radius 3 is 3.11 bits per heavy atom. The van der Waals surface area contributed by atoms with Gasteiger partial charge in [0.15, 0.2) is 0 Å². The van der Waals surface area contributed by atoms with Crippen molar-refractivity contribution in [2.75, 3.05) is 7.11 Å². The normalized spacial score (nSPS) is 21.9. The third-order valence-corrected chi connectivity index (χ3v) is 4.00. The van der Waals surface area contributed by atoms with E-state index in [0.717, 1.165) is 42.7 Å². The predicted octanol–water partition coefficient (Wildman–Crippen LogP) is 3.66. The molecule has 2 aromatic rings. The summed E-state index contributed by atoms with van der Waals surface area (Å²) in [7, 11) is 1.69. The summed E-state index contributed by atoms with van der Waals surface area (Å²) in [5.74, 6) is 1.31. The number of hydrogen-bond donors (Lipinski definition) is 2. The molecule has 1 fully saturated rings. The number of oxime groups is 1. The highest BCUT2D eigenvalue weighted by molar-refractivity contribution is 5.89. The first-order chi connectivity index (χ1) is 9.31. The summed E-state index contributed by atoms with van der Waals surface area (Å²) >= 11 is 0. The second-order valence-electron chi connectivity index (χ2n) is 5.12. The van der Waals surface area contributed by atoms with Gasteiger partial charge in [0.25, 0.3) is 0 Å². The molecule has 2 N–H and O–H groups in total. The van der Waals surface area contributed by atoms with E-state index in [0.29, 0.717) is 5.92 Å². The molecule has 1 aliphatic rings. The molecule has 0 bridgehead atoms. The number of nitrogens with zero attached hydrogens (tertiary/aromatic N) is 1. The summed E-state index contributed by atoms with van der Waals surface area (Å²) < 4.78 is 5.30. The Hall–Kier alpha value is -1.97. The minimum atomic E-state index is 0.431.